The minimum atomic E-state index is -0.845. The summed E-state index contributed by atoms with van der Waals surface area (Å²) < 4.78 is 12.5. The van der Waals surface area contributed by atoms with Crippen molar-refractivity contribution in [3.05, 3.63) is 226 Å². The van der Waals surface area contributed by atoms with E-state index in [-0.39, 0.29) is 59.4 Å². The van der Waals surface area contributed by atoms with Crippen LogP contribution in [0.15, 0.2) is 182 Å². The maximum absolute atomic E-state index is 13.7. The maximum Gasteiger partial charge on any atom is 0.338 e. The molecule has 5 aliphatic rings. The van der Waals surface area contributed by atoms with Crippen LogP contribution in [0.2, 0.25) is 0 Å². The number of ether oxygens (including phenoxy) is 2. The second-order valence-electron chi connectivity index (χ2n) is 29.2. The Bertz CT molecular complexity index is 3410. The first-order valence-electron chi connectivity index (χ1n) is 35.9. The number of benzene rings is 8. The lowest BCUT2D eigenvalue weighted by atomic mass is 9.71. The van der Waals surface area contributed by atoms with Gasteiger partial charge in [0, 0.05) is 0 Å². The molecule has 534 valence electrons. The lowest BCUT2D eigenvalue weighted by molar-refractivity contribution is -0.0388. The summed E-state index contributed by atoms with van der Waals surface area (Å²) in [5.41, 5.74) is 11.0. The molecule has 1 unspecified atom stereocenters. The minimum absolute atomic E-state index is 0. The van der Waals surface area contributed by atoms with Gasteiger partial charge >= 0.3 is 11.9 Å². The predicted molar refractivity (Wildman–Crippen MR) is 428 cm³/mol. The van der Waals surface area contributed by atoms with E-state index in [0.717, 1.165) is 65.4 Å². The fraction of sp³-hybridized carbons (Fsp3) is 0.511. The summed E-state index contributed by atoms with van der Waals surface area (Å²) in [5.74, 6) is 7.10. The number of aryl methyl sites for hydroxylation is 2. The second kappa shape index (κ2) is 41.1. The molecular formula is C94H134O4. The molecule has 0 spiro atoms. The second-order valence-corrected chi connectivity index (χ2v) is 29.2. The van der Waals surface area contributed by atoms with Crippen LogP contribution in [0.25, 0.3) is 32.7 Å². The van der Waals surface area contributed by atoms with Gasteiger partial charge in [-0.15, -0.1) is 0 Å². The molecule has 4 heteroatoms. The van der Waals surface area contributed by atoms with Gasteiger partial charge in [0.15, 0.2) is 12.2 Å². The van der Waals surface area contributed by atoms with E-state index in [2.05, 4.69) is 118 Å². The summed E-state index contributed by atoms with van der Waals surface area (Å²) in [6.07, 6.45) is 33.8. The van der Waals surface area contributed by atoms with Gasteiger partial charge in [-0.05, 0) is 221 Å². The zero-order valence-electron chi connectivity index (χ0n) is 54.7. The van der Waals surface area contributed by atoms with Crippen molar-refractivity contribution in [2.75, 3.05) is 0 Å². The number of carbonyl (C=O) groups is 2. The number of hydrogen-bond acceptors (Lipinski definition) is 4. The van der Waals surface area contributed by atoms with Gasteiger partial charge in [0.05, 0.1) is 11.1 Å². The Hall–Kier alpha value is -6.78. The van der Waals surface area contributed by atoms with Gasteiger partial charge in [-0.2, -0.15) is 0 Å². The van der Waals surface area contributed by atoms with Gasteiger partial charge in [0.25, 0.3) is 0 Å². The Labute approximate surface area is 599 Å². The smallest absolute Gasteiger partial charge is 0.338 e. The minimum Gasteiger partial charge on any atom is -0.450 e. The lowest BCUT2D eigenvalue weighted by Gasteiger charge is -2.35. The zero-order valence-corrected chi connectivity index (χ0v) is 54.7. The SMILES string of the molecule is C.C.C.C.C.C.C.C.CC1CCC(Cc2ccc(C(=O)O[C@H](c3ccccc3)[C@H](OC(=O)c3ccc(CC4CCC(C)CC4)cc3)c3ccccc3)cc2)CC1.CCCC1CCC(CC2CCC(CC3CCc4cc(c5ccccc5c4)-c4c(ccc5ccccc45)CC3)CC2)CC1. The topological polar surface area (TPSA) is 52.6 Å². The third kappa shape index (κ3) is 22.1. The van der Waals surface area contributed by atoms with Crippen LogP contribution in [0, 0.1) is 53.3 Å². The molecule has 8 aromatic carbocycles. The molecule has 0 aliphatic heterocycles. The van der Waals surface area contributed by atoms with Gasteiger partial charge in [-0.1, -0.05) is 328 Å². The molecule has 0 amide bonds. The van der Waals surface area contributed by atoms with E-state index in [1.807, 2.05) is 84.9 Å². The Morgan fingerprint density at radius 3 is 1.22 bits per heavy atom. The summed E-state index contributed by atoms with van der Waals surface area (Å²) in [4.78, 5) is 27.4. The van der Waals surface area contributed by atoms with E-state index in [9.17, 15) is 9.59 Å². The first-order valence-corrected chi connectivity index (χ1v) is 35.9. The first-order chi connectivity index (χ1) is 44.1. The van der Waals surface area contributed by atoms with Crippen molar-refractivity contribution in [3.8, 4) is 11.1 Å². The number of rotatable bonds is 17. The summed E-state index contributed by atoms with van der Waals surface area (Å²) in [5, 5.41) is 5.59. The molecule has 0 radical (unpaired) electrons. The van der Waals surface area contributed by atoms with Gasteiger partial charge < -0.3 is 9.47 Å². The van der Waals surface area contributed by atoms with E-state index < -0.39 is 24.1 Å². The van der Waals surface area contributed by atoms with E-state index in [4.69, 9.17) is 9.47 Å². The number of fused-ring (bicyclic) bond motifs is 8. The molecular weight excluding hydrogens is 1190 g/mol. The highest BCUT2D eigenvalue weighted by molar-refractivity contribution is 6.07. The van der Waals surface area contributed by atoms with Crippen LogP contribution >= 0.6 is 0 Å². The number of carbonyl (C=O) groups excluding carboxylic acids is 2. The third-order valence-corrected chi connectivity index (χ3v) is 22.5. The molecule has 98 heavy (non-hydrogen) atoms. The maximum atomic E-state index is 13.7. The quantitative estimate of drug-likeness (QED) is 0.0853. The van der Waals surface area contributed by atoms with Gasteiger partial charge in [-0.25, -0.2) is 9.59 Å². The van der Waals surface area contributed by atoms with E-state index in [1.165, 1.54) is 197 Å². The van der Waals surface area contributed by atoms with Crippen molar-refractivity contribution in [2.24, 2.45) is 53.3 Å². The van der Waals surface area contributed by atoms with Crippen LogP contribution in [-0.4, -0.2) is 11.9 Å². The summed E-state index contributed by atoms with van der Waals surface area (Å²) in [7, 11) is 0. The average molecular weight is 1330 g/mol. The molecule has 4 nitrogen and oxygen atoms in total. The Kier molecular flexibility index (Phi) is 35.1. The predicted octanol–water partition coefficient (Wildman–Crippen LogP) is 28.4. The summed E-state index contributed by atoms with van der Waals surface area (Å²) in [6, 6.07) is 62.8. The first kappa shape index (κ1) is 83.6. The van der Waals surface area contributed by atoms with Crippen molar-refractivity contribution in [3.63, 3.8) is 0 Å². The molecule has 0 aromatic heterocycles. The zero-order chi connectivity index (χ0) is 61.6. The van der Waals surface area contributed by atoms with Crippen molar-refractivity contribution in [2.45, 2.75) is 259 Å². The lowest BCUT2D eigenvalue weighted by Crippen LogP contribution is -2.23. The van der Waals surface area contributed by atoms with Gasteiger partial charge in [0.2, 0.25) is 0 Å². The Morgan fingerprint density at radius 1 is 0.378 bits per heavy atom. The molecule has 0 N–H and O–H groups in total. The third-order valence-electron chi connectivity index (χ3n) is 22.5. The highest BCUT2D eigenvalue weighted by Gasteiger charge is 2.34. The van der Waals surface area contributed by atoms with E-state index in [1.54, 1.807) is 12.0 Å². The van der Waals surface area contributed by atoms with Crippen molar-refractivity contribution in [1.82, 2.24) is 0 Å². The van der Waals surface area contributed by atoms with Crippen LogP contribution in [-0.2, 0) is 35.2 Å². The molecule has 8 aromatic rings. The van der Waals surface area contributed by atoms with Crippen LogP contribution in [0.4, 0.5) is 0 Å². The molecule has 4 saturated carbocycles. The molecule has 2 bridgehead atoms. The molecule has 0 saturated heterocycles. The highest BCUT2D eigenvalue weighted by atomic mass is 16.6. The van der Waals surface area contributed by atoms with Crippen molar-refractivity contribution in [1.29, 1.82) is 0 Å². The Morgan fingerprint density at radius 2 is 0.765 bits per heavy atom. The van der Waals surface area contributed by atoms with Crippen molar-refractivity contribution >= 4 is 33.5 Å². The average Bonchev–Trinajstić information content (AvgIpc) is 0.775. The fourth-order valence-corrected chi connectivity index (χ4v) is 17.0. The summed E-state index contributed by atoms with van der Waals surface area (Å²) >= 11 is 0. The highest BCUT2D eigenvalue weighted by Crippen LogP contribution is 2.45. The molecule has 3 atom stereocenters. The largest absolute Gasteiger partial charge is 0.450 e. The van der Waals surface area contributed by atoms with Crippen LogP contribution in [0.3, 0.4) is 0 Å². The molecule has 4 fully saturated rings. The number of esters is 2. The molecule has 13 rings (SSSR count). The summed E-state index contributed by atoms with van der Waals surface area (Å²) in [6.45, 7) is 7.06. The fourth-order valence-electron chi connectivity index (χ4n) is 17.0. The van der Waals surface area contributed by atoms with Crippen LogP contribution in [0.1, 0.15) is 288 Å². The number of hydrogen-bond donors (Lipinski definition) is 0. The van der Waals surface area contributed by atoms with E-state index in [0.29, 0.717) is 23.0 Å². The molecule has 0 heterocycles. The molecule has 5 aliphatic carbocycles. The van der Waals surface area contributed by atoms with Gasteiger partial charge in [-0.3, -0.25) is 0 Å². The standard InChI is InChI=1S/C44H50O4.C42H52.8CH4/c1-31-13-17-33(18-14-31)29-35-21-25-39(26-22-35)43(45)47-41(37-9-5-3-6-10-37)42(38-11-7-4-8-12-38)48-44(46)40-27-23-36(24-28-40)30-34-19-15-32(2)16-20-34;1-2-7-30-12-14-31(15-13-30)26-32-16-18-33(19-17-32)27-34-20-21-35-28-38-9-4-5-10-39(38)41(29-35)42-37(23-22-34)25-24-36-8-3-6-11-40(36)42;;;;;;;;/h3-12,21-28,31-34,41-42H,13-20,29-30H2,1-2H3;3-6,8-11,24-25,28-34H,2,7,12-23,26-27H2,1H3;8*1H4/t31?,32?,33?,34?,41-,42-;;;;;;;;;/m1........./s1. The normalized spacial score (nSPS) is 22.3. The van der Waals surface area contributed by atoms with Crippen molar-refractivity contribution < 1.29 is 19.1 Å². The van der Waals surface area contributed by atoms with Crippen LogP contribution < -0.4 is 0 Å². The van der Waals surface area contributed by atoms with E-state index >= 15 is 0 Å². The Balaban J connectivity index is 0.000000387. The van der Waals surface area contributed by atoms with Crippen LogP contribution in [0.5, 0.6) is 0 Å². The van der Waals surface area contributed by atoms with Gasteiger partial charge in [0.1, 0.15) is 0 Å². The monoisotopic (exact) mass is 1330 g/mol.